The first-order chi connectivity index (χ1) is 20.8. The molecule has 0 aromatic heterocycles. The van der Waals surface area contributed by atoms with E-state index in [1.54, 1.807) is 0 Å². The third kappa shape index (κ3) is 2.53. The van der Waals surface area contributed by atoms with Crippen LogP contribution in [0, 0.1) is 0 Å². The van der Waals surface area contributed by atoms with Crippen molar-refractivity contribution in [2.24, 2.45) is 0 Å². The molecule has 42 heavy (non-hydrogen) atoms. The predicted octanol–water partition coefficient (Wildman–Crippen LogP) is 9.45. The fourth-order valence-electron chi connectivity index (χ4n) is 9.88. The third-order valence-electron chi connectivity index (χ3n) is 11.3. The van der Waals surface area contributed by atoms with Gasteiger partial charge < -0.3 is 0 Å². The van der Waals surface area contributed by atoms with Crippen molar-refractivity contribution >= 4 is 0 Å². The standard InChI is InChI=1S/C42H30/c1-7-19-33-27(13-1)39-28-14-2-8-20-34(28)41(33,35-21-9-3-15-29(35)39)25-26-42-36-22-10-4-16-30(36)40(31-17-5-11-23-37(31)42)32-18-6-12-24-38(32)42/h1-24,39-40H,25-26H2. The first kappa shape index (κ1) is 22.9. The molecule has 0 N–H and O–H groups in total. The summed E-state index contributed by atoms with van der Waals surface area (Å²) in [5, 5.41) is 0. The van der Waals surface area contributed by atoms with E-state index in [0.717, 1.165) is 12.8 Å². The van der Waals surface area contributed by atoms with Crippen LogP contribution in [0.15, 0.2) is 146 Å². The molecule has 198 valence electrons. The van der Waals surface area contributed by atoms with Crippen LogP contribution in [0.4, 0.5) is 0 Å². The molecule has 0 nitrogen and oxygen atoms in total. The van der Waals surface area contributed by atoms with E-state index in [1.807, 2.05) is 0 Å². The monoisotopic (exact) mass is 534 g/mol. The van der Waals surface area contributed by atoms with E-state index >= 15 is 0 Å². The van der Waals surface area contributed by atoms with Gasteiger partial charge in [0, 0.05) is 22.7 Å². The lowest BCUT2D eigenvalue weighted by Crippen LogP contribution is -2.46. The highest BCUT2D eigenvalue weighted by Gasteiger charge is 2.55. The fraction of sp³-hybridized carbons (Fsp3) is 0.143. The Morgan fingerprint density at radius 2 is 0.476 bits per heavy atom. The first-order valence-corrected chi connectivity index (χ1v) is 15.4. The molecule has 0 spiro atoms. The fourth-order valence-corrected chi connectivity index (χ4v) is 9.88. The number of benzene rings is 6. The minimum absolute atomic E-state index is 0.194. The molecule has 6 aromatic rings. The van der Waals surface area contributed by atoms with Gasteiger partial charge >= 0.3 is 0 Å². The first-order valence-electron chi connectivity index (χ1n) is 15.4. The maximum Gasteiger partial charge on any atom is 0.0461 e. The molecular formula is C42H30. The highest BCUT2D eigenvalue weighted by atomic mass is 14.6. The minimum atomic E-state index is -0.194. The van der Waals surface area contributed by atoms with Gasteiger partial charge in [0.05, 0.1) is 0 Å². The van der Waals surface area contributed by atoms with Gasteiger partial charge in [-0.05, 0) is 79.6 Å². The Labute approximate surface area is 247 Å². The quantitative estimate of drug-likeness (QED) is 0.212. The second-order valence-corrected chi connectivity index (χ2v) is 12.7. The molecule has 4 bridgehead atoms. The van der Waals surface area contributed by atoms with E-state index in [-0.39, 0.29) is 10.8 Å². The molecule has 0 aliphatic heterocycles. The largest absolute Gasteiger partial charge is 0.0619 e. The Bertz CT molecular complexity index is 1690. The normalized spacial score (nSPS) is 24.6. The summed E-state index contributed by atoms with van der Waals surface area (Å²) in [7, 11) is 0. The smallest absolute Gasteiger partial charge is 0.0461 e. The Kier molecular flexibility index (Phi) is 4.36. The van der Waals surface area contributed by atoms with Crippen molar-refractivity contribution in [3.63, 3.8) is 0 Å². The molecule has 0 fully saturated rings. The van der Waals surface area contributed by atoms with Crippen molar-refractivity contribution in [1.29, 1.82) is 0 Å². The molecule has 0 unspecified atom stereocenters. The average molecular weight is 535 g/mol. The van der Waals surface area contributed by atoms with Crippen LogP contribution in [0.3, 0.4) is 0 Å². The van der Waals surface area contributed by atoms with Crippen molar-refractivity contribution in [3.05, 3.63) is 212 Å². The summed E-state index contributed by atoms with van der Waals surface area (Å²) < 4.78 is 0. The van der Waals surface area contributed by atoms with Crippen LogP contribution in [-0.4, -0.2) is 0 Å². The number of hydrogen-bond donors (Lipinski definition) is 0. The Hall–Kier alpha value is -4.68. The molecule has 6 aliphatic carbocycles. The van der Waals surface area contributed by atoms with Gasteiger partial charge in [-0.25, -0.2) is 0 Å². The maximum atomic E-state index is 2.43. The summed E-state index contributed by atoms with van der Waals surface area (Å²) in [5.74, 6) is 0.613. The van der Waals surface area contributed by atoms with Gasteiger partial charge in [0.25, 0.3) is 0 Å². The van der Waals surface area contributed by atoms with E-state index in [9.17, 15) is 0 Å². The van der Waals surface area contributed by atoms with Crippen LogP contribution in [-0.2, 0) is 10.8 Å². The lowest BCUT2D eigenvalue weighted by atomic mass is 9.48. The van der Waals surface area contributed by atoms with E-state index < -0.39 is 0 Å². The van der Waals surface area contributed by atoms with Gasteiger partial charge in [-0.3, -0.25) is 0 Å². The summed E-state index contributed by atoms with van der Waals surface area (Å²) in [5.41, 5.74) is 17.6. The molecule has 0 atom stereocenters. The van der Waals surface area contributed by atoms with E-state index in [0.29, 0.717) is 11.8 Å². The maximum absolute atomic E-state index is 2.43. The minimum Gasteiger partial charge on any atom is -0.0619 e. The second kappa shape index (κ2) is 7.99. The lowest BCUT2D eigenvalue weighted by Gasteiger charge is -2.54. The summed E-state index contributed by atoms with van der Waals surface area (Å²) >= 11 is 0. The Morgan fingerprint density at radius 1 is 0.286 bits per heavy atom. The van der Waals surface area contributed by atoms with Crippen LogP contribution in [0.25, 0.3) is 0 Å². The van der Waals surface area contributed by atoms with Crippen LogP contribution in [0.1, 0.15) is 91.4 Å². The summed E-state index contributed by atoms with van der Waals surface area (Å²) in [6.45, 7) is 0. The van der Waals surface area contributed by atoms with E-state index in [1.165, 1.54) is 66.8 Å². The van der Waals surface area contributed by atoms with Crippen LogP contribution in [0.5, 0.6) is 0 Å². The summed E-state index contributed by atoms with van der Waals surface area (Å²) in [4.78, 5) is 0. The summed E-state index contributed by atoms with van der Waals surface area (Å²) in [6.07, 6.45) is 2.07. The highest BCUT2D eigenvalue weighted by Crippen LogP contribution is 2.65. The van der Waals surface area contributed by atoms with Crippen molar-refractivity contribution < 1.29 is 0 Å². The highest BCUT2D eigenvalue weighted by molar-refractivity contribution is 5.74. The van der Waals surface area contributed by atoms with Gasteiger partial charge in [0.2, 0.25) is 0 Å². The average Bonchev–Trinajstić information content (AvgIpc) is 3.07. The van der Waals surface area contributed by atoms with Crippen molar-refractivity contribution in [1.82, 2.24) is 0 Å². The Balaban J connectivity index is 1.27. The van der Waals surface area contributed by atoms with Crippen LogP contribution >= 0.6 is 0 Å². The second-order valence-electron chi connectivity index (χ2n) is 12.7. The van der Waals surface area contributed by atoms with E-state index in [2.05, 4.69) is 146 Å². The molecule has 12 rings (SSSR count). The molecule has 0 amide bonds. The molecule has 6 aromatic carbocycles. The predicted molar refractivity (Wildman–Crippen MR) is 170 cm³/mol. The number of rotatable bonds is 3. The van der Waals surface area contributed by atoms with Gasteiger partial charge in [-0.2, -0.15) is 0 Å². The molecule has 0 radical (unpaired) electrons. The van der Waals surface area contributed by atoms with Crippen molar-refractivity contribution in [2.45, 2.75) is 35.5 Å². The zero-order valence-electron chi connectivity index (χ0n) is 23.4. The SMILES string of the molecule is c1ccc2c(c1)C1c3ccccc3C2(CCC23c4ccccc4C(c4ccccc42)c2ccccc23)c2ccccc21. The zero-order valence-corrected chi connectivity index (χ0v) is 23.4. The lowest BCUT2D eigenvalue weighted by molar-refractivity contribution is 0.410. The van der Waals surface area contributed by atoms with Crippen LogP contribution < -0.4 is 0 Å². The topological polar surface area (TPSA) is 0 Å². The molecule has 6 aliphatic rings. The Morgan fingerprint density at radius 3 is 0.690 bits per heavy atom. The molecule has 0 saturated carbocycles. The van der Waals surface area contributed by atoms with Gasteiger partial charge in [-0.15, -0.1) is 0 Å². The van der Waals surface area contributed by atoms with Gasteiger partial charge in [-0.1, -0.05) is 146 Å². The van der Waals surface area contributed by atoms with Gasteiger partial charge in [0.1, 0.15) is 0 Å². The summed E-state index contributed by atoms with van der Waals surface area (Å²) in [6, 6.07) is 55.9. The molecular weight excluding hydrogens is 504 g/mol. The molecule has 0 saturated heterocycles. The van der Waals surface area contributed by atoms with Crippen LogP contribution in [0.2, 0.25) is 0 Å². The molecule has 0 heterocycles. The number of hydrogen-bond acceptors (Lipinski definition) is 0. The van der Waals surface area contributed by atoms with Crippen molar-refractivity contribution in [3.8, 4) is 0 Å². The molecule has 0 heteroatoms. The van der Waals surface area contributed by atoms with E-state index in [4.69, 9.17) is 0 Å². The third-order valence-corrected chi connectivity index (χ3v) is 11.3. The zero-order chi connectivity index (χ0) is 27.5. The van der Waals surface area contributed by atoms with Crippen molar-refractivity contribution in [2.75, 3.05) is 0 Å². The van der Waals surface area contributed by atoms with Gasteiger partial charge in [0.15, 0.2) is 0 Å².